The highest BCUT2D eigenvalue weighted by atomic mass is 19.1. The number of aliphatic hydroxyl groups is 1. The van der Waals surface area contributed by atoms with E-state index in [4.69, 9.17) is 4.74 Å². The number of benzene rings is 2. The van der Waals surface area contributed by atoms with Crippen molar-refractivity contribution in [3.8, 4) is 0 Å². The summed E-state index contributed by atoms with van der Waals surface area (Å²) < 4.78 is 34.6. The lowest BCUT2D eigenvalue weighted by molar-refractivity contribution is -0.134. The molecule has 5 N–H and O–H groups in total. The van der Waals surface area contributed by atoms with Crippen molar-refractivity contribution in [3.05, 3.63) is 71.3 Å². The molecule has 0 saturated carbocycles. The first kappa shape index (κ1) is 58.2. The number of aliphatic hydroxyl groups excluding tert-OH is 1. The van der Waals surface area contributed by atoms with Crippen LogP contribution in [0.3, 0.4) is 0 Å². The molecule has 10 nitrogen and oxygen atoms in total. The van der Waals surface area contributed by atoms with Crippen LogP contribution in [-0.2, 0) is 36.9 Å². The molecule has 2 rings (SSSR count). The molecular formula is C54H88F2N4O6. The van der Waals surface area contributed by atoms with Crippen LogP contribution in [0.1, 0.15) is 199 Å². The maximum Gasteiger partial charge on any atom is 0.251 e. The third kappa shape index (κ3) is 29.0. The number of amides is 4. The van der Waals surface area contributed by atoms with Gasteiger partial charge in [-0.1, -0.05) is 186 Å². The summed E-state index contributed by atoms with van der Waals surface area (Å²) >= 11 is 0. The number of carbonyl (C=O) groups is 4. The van der Waals surface area contributed by atoms with Crippen molar-refractivity contribution in [1.82, 2.24) is 21.3 Å². The summed E-state index contributed by atoms with van der Waals surface area (Å²) in [5.74, 6) is -2.80. The van der Waals surface area contributed by atoms with Gasteiger partial charge in [0.1, 0.15) is 11.6 Å². The number of unbranched alkanes of at least 4 members (excludes halogenated alkanes) is 20. The fourth-order valence-corrected chi connectivity index (χ4v) is 8.02. The molecule has 66 heavy (non-hydrogen) atoms. The van der Waals surface area contributed by atoms with Gasteiger partial charge in [0.2, 0.25) is 17.7 Å². The van der Waals surface area contributed by atoms with E-state index in [-0.39, 0.29) is 69.4 Å². The smallest absolute Gasteiger partial charge is 0.251 e. The minimum atomic E-state index is -1.59. The number of hydrogen-bond donors (Lipinski definition) is 5. The summed E-state index contributed by atoms with van der Waals surface area (Å²) in [6, 6.07) is 10.9. The molecule has 0 saturated heterocycles. The van der Waals surface area contributed by atoms with Gasteiger partial charge >= 0.3 is 0 Å². The molecular weight excluding hydrogens is 839 g/mol. The summed E-state index contributed by atoms with van der Waals surface area (Å²) in [5.41, 5.74) is 0.310. The van der Waals surface area contributed by atoms with Crippen LogP contribution in [0.2, 0.25) is 0 Å². The lowest BCUT2D eigenvalue weighted by Crippen LogP contribution is -2.54. The van der Waals surface area contributed by atoms with Crippen molar-refractivity contribution in [2.75, 3.05) is 19.7 Å². The molecule has 0 radical (unpaired) electrons. The normalized spacial score (nSPS) is 12.9. The Balaban J connectivity index is 1.88. The molecule has 0 spiro atoms. The third-order valence-corrected chi connectivity index (χ3v) is 12.2. The summed E-state index contributed by atoms with van der Waals surface area (Å²) in [4.78, 5) is 52.7. The van der Waals surface area contributed by atoms with E-state index in [1.165, 1.54) is 89.9 Å². The molecule has 0 heterocycles. The molecule has 12 heteroatoms. The highest BCUT2D eigenvalue weighted by molar-refractivity contribution is 5.83. The Hall–Kier alpha value is -3.90. The van der Waals surface area contributed by atoms with Crippen molar-refractivity contribution < 1.29 is 37.8 Å². The minimum absolute atomic E-state index is 0.0651. The van der Waals surface area contributed by atoms with E-state index in [9.17, 15) is 33.1 Å². The van der Waals surface area contributed by atoms with Gasteiger partial charge in [0.25, 0.3) is 5.91 Å². The molecule has 3 unspecified atom stereocenters. The standard InChI is InChI=1S/C54H88F2N4O6/c1-5-7-9-11-13-15-17-19-21-23-28-32-49(61)59-46(37-44-36-45(55)34-35-47(44)56)38-51(63)57-41-54(3,4)42-58-53(65)52(64)48(40-66-39-43-30-26-25-27-31-43)60-50(62)33-29-24-22-20-18-16-14-12-10-8-6-2/h25-27,30-31,34-36,46,48,52,64H,5-24,28-29,32-33,37-42H2,1-4H3,(H,57,63)(H,58,65)(H,59,61)(H,60,62). The van der Waals surface area contributed by atoms with E-state index in [2.05, 4.69) is 35.1 Å². The minimum Gasteiger partial charge on any atom is -0.381 e. The zero-order valence-corrected chi connectivity index (χ0v) is 41.3. The summed E-state index contributed by atoms with van der Waals surface area (Å²) in [6.07, 6.45) is 24.2. The number of carbonyl (C=O) groups excluding carboxylic acids is 4. The molecule has 0 fully saturated rings. The Morgan fingerprint density at radius 2 is 1.11 bits per heavy atom. The average Bonchev–Trinajstić information content (AvgIpc) is 3.29. The maximum absolute atomic E-state index is 14.7. The van der Waals surface area contributed by atoms with Gasteiger partial charge in [-0.15, -0.1) is 0 Å². The molecule has 2 aromatic rings. The largest absolute Gasteiger partial charge is 0.381 e. The van der Waals surface area contributed by atoms with Gasteiger partial charge in [0.05, 0.1) is 19.3 Å². The van der Waals surface area contributed by atoms with E-state index in [0.29, 0.717) is 6.42 Å². The number of hydrogen-bond acceptors (Lipinski definition) is 6. The molecule has 0 aliphatic heterocycles. The molecule has 0 aliphatic carbocycles. The fraction of sp³-hybridized carbons (Fsp3) is 0.704. The van der Waals surface area contributed by atoms with E-state index in [1.54, 1.807) is 0 Å². The first-order valence-electron chi connectivity index (χ1n) is 25.7. The first-order valence-corrected chi connectivity index (χ1v) is 25.7. The SMILES string of the molecule is CCCCCCCCCCCCCC(=O)NC(CC(=O)NCC(C)(C)CNC(=O)C(O)C(COCc1ccccc1)NC(=O)CCCCCCCCCCCCC)Cc1cc(F)ccc1F. The Morgan fingerprint density at radius 3 is 1.64 bits per heavy atom. The van der Waals surface area contributed by atoms with Crippen LogP contribution in [0.25, 0.3) is 0 Å². The second-order valence-electron chi connectivity index (χ2n) is 19.3. The Morgan fingerprint density at radius 1 is 0.621 bits per heavy atom. The van der Waals surface area contributed by atoms with Crippen LogP contribution in [0.5, 0.6) is 0 Å². The van der Waals surface area contributed by atoms with Crippen molar-refractivity contribution >= 4 is 23.6 Å². The predicted octanol–water partition coefficient (Wildman–Crippen LogP) is 11.1. The Bertz CT molecular complexity index is 1610. The molecule has 0 bridgehead atoms. The van der Waals surface area contributed by atoms with E-state index < -0.39 is 47.1 Å². The van der Waals surface area contributed by atoms with Crippen LogP contribution in [0.4, 0.5) is 8.78 Å². The lowest BCUT2D eigenvalue weighted by atomic mass is 9.93. The monoisotopic (exact) mass is 927 g/mol. The summed E-state index contributed by atoms with van der Waals surface area (Å²) in [7, 11) is 0. The van der Waals surface area contributed by atoms with Crippen molar-refractivity contribution in [3.63, 3.8) is 0 Å². The van der Waals surface area contributed by atoms with Gasteiger partial charge in [-0.3, -0.25) is 19.2 Å². The summed E-state index contributed by atoms with van der Waals surface area (Å²) in [6.45, 7) is 8.50. The van der Waals surface area contributed by atoms with E-state index >= 15 is 0 Å². The molecule has 2 aromatic carbocycles. The van der Waals surface area contributed by atoms with Crippen molar-refractivity contribution in [2.24, 2.45) is 5.41 Å². The van der Waals surface area contributed by atoms with Gasteiger partial charge < -0.3 is 31.1 Å². The second-order valence-corrected chi connectivity index (χ2v) is 19.3. The Labute approximate surface area is 397 Å². The zero-order valence-electron chi connectivity index (χ0n) is 41.3. The van der Waals surface area contributed by atoms with Crippen LogP contribution < -0.4 is 21.3 Å². The van der Waals surface area contributed by atoms with Crippen LogP contribution in [0, 0.1) is 17.0 Å². The predicted molar refractivity (Wildman–Crippen MR) is 263 cm³/mol. The Kier molecular flexibility index (Phi) is 31.9. The van der Waals surface area contributed by atoms with E-state index in [1.807, 2.05) is 44.2 Å². The van der Waals surface area contributed by atoms with Crippen molar-refractivity contribution in [2.45, 2.75) is 219 Å². The number of rotatable bonds is 40. The maximum atomic E-state index is 14.7. The first-order chi connectivity index (χ1) is 31.8. The van der Waals surface area contributed by atoms with Gasteiger partial charge in [-0.25, -0.2) is 8.78 Å². The van der Waals surface area contributed by atoms with Gasteiger partial charge in [-0.2, -0.15) is 0 Å². The lowest BCUT2D eigenvalue weighted by Gasteiger charge is -2.28. The molecule has 0 aliphatic rings. The molecule has 374 valence electrons. The molecule has 0 aromatic heterocycles. The number of ether oxygens (including phenoxy) is 1. The highest BCUT2D eigenvalue weighted by Crippen LogP contribution is 2.17. The number of nitrogens with one attached hydrogen (secondary N) is 4. The summed E-state index contributed by atoms with van der Waals surface area (Å²) in [5, 5.41) is 22.6. The molecule has 4 amide bonds. The topological polar surface area (TPSA) is 146 Å². The van der Waals surface area contributed by atoms with Crippen LogP contribution in [0.15, 0.2) is 48.5 Å². The van der Waals surface area contributed by atoms with Crippen molar-refractivity contribution in [1.29, 1.82) is 0 Å². The second kappa shape index (κ2) is 36.2. The zero-order chi connectivity index (χ0) is 48.3. The highest BCUT2D eigenvalue weighted by Gasteiger charge is 2.30. The number of halogens is 2. The van der Waals surface area contributed by atoms with Crippen LogP contribution in [-0.4, -0.2) is 66.6 Å². The molecule has 3 atom stereocenters. The van der Waals surface area contributed by atoms with Gasteiger partial charge in [-0.05, 0) is 54.0 Å². The average molecular weight is 927 g/mol. The van der Waals surface area contributed by atoms with Gasteiger partial charge in [0, 0.05) is 38.4 Å². The van der Waals surface area contributed by atoms with Crippen LogP contribution >= 0.6 is 0 Å². The third-order valence-electron chi connectivity index (χ3n) is 12.2. The quantitative estimate of drug-likeness (QED) is 0.0421. The fourth-order valence-electron chi connectivity index (χ4n) is 8.02. The van der Waals surface area contributed by atoms with E-state index in [0.717, 1.165) is 68.7 Å². The van der Waals surface area contributed by atoms with Gasteiger partial charge in [0.15, 0.2) is 6.10 Å².